The van der Waals surface area contributed by atoms with Crippen LogP contribution in [0.15, 0.2) is 71.8 Å². The second-order valence-electron chi connectivity index (χ2n) is 19.3. The molecule has 15 nitrogen and oxygen atoms in total. The van der Waals surface area contributed by atoms with Crippen molar-refractivity contribution in [3.05, 3.63) is 82.9 Å². The minimum atomic E-state index is -2.31. The molecule has 2 heterocycles. The van der Waals surface area contributed by atoms with Crippen LogP contribution in [0.5, 0.6) is 0 Å². The summed E-state index contributed by atoms with van der Waals surface area (Å²) < 4.78 is 36.8. The zero-order chi connectivity index (χ0) is 44.8. The maximum absolute atomic E-state index is 15.1. The number of benzene rings is 2. The van der Waals surface area contributed by atoms with E-state index < -0.39 is 118 Å². The van der Waals surface area contributed by atoms with Gasteiger partial charge in [-0.15, -0.1) is 0 Å². The van der Waals surface area contributed by atoms with E-state index in [9.17, 15) is 34.5 Å². The number of hydrogen-bond acceptors (Lipinski definition) is 14. The molecule has 5 aliphatic rings. The van der Waals surface area contributed by atoms with Gasteiger partial charge in [0.1, 0.15) is 47.4 Å². The van der Waals surface area contributed by atoms with E-state index in [1.54, 1.807) is 104 Å². The van der Waals surface area contributed by atoms with E-state index in [-0.39, 0.29) is 29.7 Å². The van der Waals surface area contributed by atoms with Gasteiger partial charge in [0.2, 0.25) is 0 Å². The second kappa shape index (κ2) is 15.0. The maximum Gasteiger partial charge on any atom is 0.413 e. The highest BCUT2D eigenvalue weighted by Crippen LogP contribution is 2.64. The summed E-state index contributed by atoms with van der Waals surface area (Å²) in [5, 5.41) is 37.9. The van der Waals surface area contributed by atoms with Gasteiger partial charge in [0, 0.05) is 25.2 Å². The van der Waals surface area contributed by atoms with Crippen LogP contribution in [0.3, 0.4) is 0 Å². The third-order valence-corrected chi connectivity index (χ3v) is 13.7. The number of fused-ring (bicyclic) bond motifs is 5. The minimum Gasteiger partial charge on any atom is -0.456 e. The number of esters is 3. The number of rotatable bonds is 6. The molecule has 2 aromatic rings. The van der Waals surface area contributed by atoms with Crippen molar-refractivity contribution in [2.24, 2.45) is 16.7 Å². The first-order chi connectivity index (χ1) is 28.3. The summed E-state index contributed by atoms with van der Waals surface area (Å²) in [5.41, 5.74) is -9.03. The molecular weight excluding hydrogens is 790 g/mol. The largest absolute Gasteiger partial charge is 0.456 e. The van der Waals surface area contributed by atoms with Crippen LogP contribution in [0, 0.1) is 16.7 Å². The molecule has 1 amide bonds. The van der Waals surface area contributed by atoms with Crippen LogP contribution in [0.25, 0.3) is 0 Å². The molecule has 4 fully saturated rings. The molecule has 2 saturated heterocycles. The SMILES string of the molecule is CC(=O)O[C@@]12CO[C@@H]1C[C@H](O)[C@@]1(C)C(=O)[C@H](O)C3=C(C)[C@@H](OC(=O)[C@@H]4OC(C)(C)N(C(=O)OC(C)(C)C)[C@@H]4c4ccccc4)C[C@@](O)([C@@H](OC(=O)c4ccccc4)C12)C3(C)C. The third-order valence-electron chi connectivity index (χ3n) is 13.7. The van der Waals surface area contributed by atoms with Gasteiger partial charge in [0.25, 0.3) is 0 Å². The van der Waals surface area contributed by atoms with E-state index in [0.717, 1.165) is 0 Å². The number of nitrogens with zero attached hydrogens (tertiary/aromatic N) is 1. The van der Waals surface area contributed by atoms with Gasteiger partial charge in [-0.3, -0.25) is 14.5 Å². The van der Waals surface area contributed by atoms with Crippen molar-refractivity contribution in [3.8, 4) is 0 Å². The molecule has 0 radical (unpaired) electrons. The van der Waals surface area contributed by atoms with Crippen LogP contribution in [0.2, 0.25) is 0 Å². The van der Waals surface area contributed by atoms with Crippen LogP contribution in [-0.2, 0) is 42.8 Å². The van der Waals surface area contributed by atoms with Crippen molar-refractivity contribution < 1.29 is 67.7 Å². The summed E-state index contributed by atoms with van der Waals surface area (Å²) in [6.07, 6.45) is -10.4. The number of amides is 1. The fourth-order valence-corrected chi connectivity index (χ4v) is 10.7. The van der Waals surface area contributed by atoms with E-state index in [1.807, 2.05) is 0 Å². The Hall–Kier alpha value is -4.67. The smallest absolute Gasteiger partial charge is 0.413 e. The highest BCUT2D eigenvalue weighted by molar-refractivity contribution is 5.94. The number of aliphatic hydroxyl groups excluding tert-OH is 2. The van der Waals surface area contributed by atoms with Crippen LogP contribution < -0.4 is 0 Å². The monoisotopic (exact) mass is 847 g/mol. The molecular formula is C46H57NO14. The molecule has 2 saturated carbocycles. The van der Waals surface area contributed by atoms with Crippen molar-refractivity contribution in [1.29, 1.82) is 0 Å². The number of hydrogen-bond donors (Lipinski definition) is 3. The summed E-state index contributed by atoms with van der Waals surface area (Å²) in [5.74, 6) is -4.95. The highest BCUT2D eigenvalue weighted by Gasteiger charge is 2.78. The fraction of sp³-hybridized carbons (Fsp3) is 0.587. The Balaban J connectivity index is 1.37. The summed E-state index contributed by atoms with van der Waals surface area (Å²) in [4.78, 5) is 72.2. The summed E-state index contributed by atoms with van der Waals surface area (Å²) in [6.45, 7) is 15.5. The molecule has 0 spiro atoms. The zero-order valence-corrected chi connectivity index (χ0v) is 36.3. The lowest BCUT2D eigenvalue weighted by Gasteiger charge is -2.67. The lowest BCUT2D eigenvalue weighted by molar-refractivity contribution is -0.346. The van der Waals surface area contributed by atoms with E-state index in [2.05, 4.69) is 0 Å². The van der Waals surface area contributed by atoms with Gasteiger partial charge in [-0.05, 0) is 77.3 Å². The van der Waals surface area contributed by atoms with E-state index in [4.69, 9.17) is 28.4 Å². The Morgan fingerprint density at radius 2 is 1.51 bits per heavy atom. The van der Waals surface area contributed by atoms with E-state index in [0.29, 0.717) is 5.56 Å². The molecule has 1 unspecified atom stereocenters. The normalized spacial score (nSPS) is 36.3. The molecule has 61 heavy (non-hydrogen) atoms. The second-order valence-corrected chi connectivity index (χ2v) is 19.3. The topological polar surface area (TPSA) is 205 Å². The minimum absolute atomic E-state index is 0.00661. The average Bonchev–Trinajstić information content (AvgIpc) is 3.47. The van der Waals surface area contributed by atoms with E-state index in [1.165, 1.54) is 30.9 Å². The molecule has 3 N–H and O–H groups in total. The van der Waals surface area contributed by atoms with Gasteiger partial charge in [0.15, 0.2) is 17.5 Å². The molecule has 3 aliphatic carbocycles. The predicted molar refractivity (Wildman–Crippen MR) is 215 cm³/mol. The number of carbonyl (C=O) groups excluding carboxylic acids is 5. The first-order valence-electron chi connectivity index (χ1n) is 20.7. The lowest BCUT2D eigenvalue weighted by atomic mass is 9.44. The maximum atomic E-state index is 15.1. The fourth-order valence-electron chi connectivity index (χ4n) is 10.7. The molecule has 15 heteroatoms. The van der Waals surface area contributed by atoms with Crippen LogP contribution in [0.4, 0.5) is 4.79 Å². The van der Waals surface area contributed by atoms with Gasteiger partial charge >= 0.3 is 24.0 Å². The molecule has 0 aromatic heterocycles. The number of ether oxygens (including phenoxy) is 6. The van der Waals surface area contributed by atoms with Crippen LogP contribution in [0.1, 0.15) is 104 Å². The Bertz CT molecular complexity index is 2130. The van der Waals surface area contributed by atoms with Gasteiger partial charge in [-0.2, -0.15) is 0 Å². The first kappa shape index (κ1) is 44.4. The number of Topliss-reactive ketones (excluding diaryl/α,β-unsaturated/α-hetero) is 1. The number of aliphatic hydroxyl groups is 3. The molecule has 11 atom stereocenters. The molecule has 7 rings (SSSR count). The van der Waals surface area contributed by atoms with Gasteiger partial charge in [-0.1, -0.05) is 62.4 Å². The molecule has 2 aromatic carbocycles. The van der Waals surface area contributed by atoms with Gasteiger partial charge in [0.05, 0.1) is 29.6 Å². The van der Waals surface area contributed by atoms with Gasteiger partial charge < -0.3 is 43.7 Å². The quantitative estimate of drug-likeness (QED) is 0.204. The molecule has 330 valence electrons. The third kappa shape index (κ3) is 6.96. The van der Waals surface area contributed by atoms with Gasteiger partial charge in [-0.25, -0.2) is 14.4 Å². The lowest BCUT2D eigenvalue weighted by Crippen LogP contribution is -2.81. The molecule has 2 aliphatic heterocycles. The average molecular weight is 848 g/mol. The highest BCUT2D eigenvalue weighted by atomic mass is 16.6. The van der Waals surface area contributed by atoms with E-state index >= 15 is 4.79 Å². The Morgan fingerprint density at radius 3 is 2.07 bits per heavy atom. The van der Waals surface area contributed by atoms with Crippen molar-refractivity contribution in [2.75, 3.05) is 6.61 Å². The number of ketones is 1. The Labute approximate surface area is 355 Å². The summed E-state index contributed by atoms with van der Waals surface area (Å²) in [7, 11) is 0. The molecule has 2 bridgehead atoms. The van der Waals surface area contributed by atoms with Crippen LogP contribution >= 0.6 is 0 Å². The summed E-state index contributed by atoms with van der Waals surface area (Å²) >= 11 is 0. The van der Waals surface area contributed by atoms with Crippen molar-refractivity contribution in [2.45, 2.75) is 147 Å². The zero-order valence-electron chi connectivity index (χ0n) is 36.3. The van der Waals surface area contributed by atoms with Crippen molar-refractivity contribution in [3.63, 3.8) is 0 Å². The Morgan fingerprint density at radius 1 is 0.902 bits per heavy atom. The first-order valence-corrected chi connectivity index (χ1v) is 20.7. The summed E-state index contributed by atoms with van der Waals surface area (Å²) in [6, 6.07) is 15.7. The van der Waals surface area contributed by atoms with Crippen molar-refractivity contribution >= 4 is 29.8 Å². The van der Waals surface area contributed by atoms with Crippen molar-refractivity contribution in [1.82, 2.24) is 4.90 Å². The Kier molecular flexibility index (Phi) is 10.9. The standard InChI is InChI=1S/C46H57NO14/c1-24-28(57-39(53)34-32(26-17-13-11-14-18-26)47(43(8,9)60-34)40(54)61-41(3,4)5)22-46(55)37(58-38(52)27-19-15-12-16-20-27)35-44(10,36(51)33(50)31(24)42(46,6)7)29(49)21-30-45(35,23-56-30)59-25(2)48/h11-20,28-30,32-35,37,49-50,55H,21-23H2,1-10H3/t28-,29-,30+,32+,33+,34+,35?,37-,44+,45-,46+/m0/s1. The predicted octanol–water partition coefficient (Wildman–Crippen LogP) is 4.75. The van der Waals surface area contributed by atoms with Crippen LogP contribution in [-0.4, -0.2) is 116 Å². The number of carbonyl (C=O) groups is 5.